The summed E-state index contributed by atoms with van der Waals surface area (Å²) in [6, 6.07) is 0. The second-order valence-corrected chi connectivity index (χ2v) is 11.1. The average Bonchev–Trinajstić information content (AvgIpc) is 3.03. The van der Waals surface area contributed by atoms with Gasteiger partial charge in [-0.15, -0.1) is 0 Å². The second-order valence-electron chi connectivity index (χ2n) is 11.1. The van der Waals surface area contributed by atoms with Crippen molar-refractivity contribution in [3.63, 3.8) is 0 Å². The molecule has 194 valence electrons. The minimum atomic E-state index is -5.19. The molecule has 10 heteroatoms. The van der Waals surface area contributed by atoms with Gasteiger partial charge in [0.1, 0.15) is 11.7 Å². The largest absolute Gasteiger partial charge is 0.490 e. The number of carbonyl (C=O) groups is 4. The van der Waals surface area contributed by atoms with Crippen LogP contribution in [-0.4, -0.2) is 53.1 Å². The first-order chi connectivity index (χ1) is 16.1. The van der Waals surface area contributed by atoms with Crippen molar-refractivity contribution in [2.75, 3.05) is 6.61 Å². The Morgan fingerprint density at radius 2 is 1.83 bits per heavy atom. The number of fused-ring (bicyclic) bond motifs is 5. The lowest BCUT2D eigenvalue weighted by atomic mass is 9.45. The van der Waals surface area contributed by atoms with Crippen LogP contribution in [0.25, 0.3) is 0 Å². The van der Waals surface area contributed by atoms with Gasteiger partial charge in [0.05, 0.1) is 0 Å². The number of esters is 2. The number of hydrogen-bond acceptors (Lipinski definition) is 7. The van der Waals surface area contributed by atoms with Crippen molar-refractivity contribution >= 4 is 23.5 Å². The highest BCUT2D eigenvalue weighted by atomic mass is 19.4. The van der Waals surface area contributed by atoms with Gasteiger partial charge in [0.2, 0.25) is 5.78 Å². The number of ether oxygens (including phenoxy) is 2. The fraction of sp³-hybridized carbons (Fsp3) is 0.760. The molecular formula is C25H31F3O7. The molecular weight excluding hydrogens is 469 g/mol. The summed E-state index contributed by atoms with van der Waals surface area (Å²) >= 11 is 0. The number of halogens is 3. The van der Waals surface area contributed by atoms with Crippen molar-refractivity contribution in [1.29, 1.82) is 0 Å². The van der Waals surface area contributed by atoms with E-state index in [0.29, 0.717) is 25.7 Å². The second kappa shape index (κ2) is 8.42. The highest BCUT2D eigenvalue weighted by molar-refractivity contribution is 5.92. The summed E-state index contributed by atoms with van der Waals surface area (Å²) in [6.45, 7) is 4.09. The van der Waals surface area contributed by atoms with E-state index in [9.17, 15) is 37.5 Å². The molecule has 0 aliphatic heterocycles. The molecule has 0 saturated heterocycles. The number of hydrogen-bond donors (Lipinski definition) is 1. The topological polar surface area (TPSA) is 107 Å². The van der Waals surface area contributed by atoms with Gasteiger partial charge in [-0.2, -0.15) is 13.2 Å². The molecule has 35 heavy (non-hydrogen) atoms. The van der Waals surface area contributed by atoms with Crippen molar-refractivity contribution < 1.29 is 46.9 Å². The molecule has 0 unspecified atom stereocenters. The van der Waals surface area contributed by atoms with Gasteiger partial charge in [-0.1, -0.05) is 19.4 Å². The predicted octanol–water partition coefficient (Wildman–Crippen LogP) is 3.47. The maximum absolute atomic E-state index is 13.2. The van der Waals surface area contributed by atoms with Crippen LogP contribution in [0.2, 0.25) is 0 Å². The van der Waals surface area contributed by atoms with E-state index in [1.54, 1.807) is 13.0 Å². The van der Waals surface area contributed by atoms with Gasteiger partial charge in [-0.3, -0.25) is 14.4 Å². The summed E-state index contributed by atoms with van der Waals surface area (Å²) in [5.74, 6) is -4.63. The molecule has 7 atom stereocenters. The van der Waals surface area contributed by atoms with E-state index in [2.05, 4.69) is 0 Å². The van der Waals surface area contributed by atoms with E-state index in [1.165, 1.54) is 0 Å². The first kappa shape index (κ1) is 25.9. The Bertz CT molecular complexity index is 988. The lowest BCUT2D eigenvalue weighted by Gasteiger charge is -2.60. The maximum Gasteiger partial charge on any atom is 0.490 e. The van der Waals surface area contributed by atoms with Crippen LogP contribution in [0.4, 0.5) is 13.2 Å². The highest BCUT2D eigenvalue weighted by Gasteiger charge is 2.69. The number of ketones is 2. The van der Waals surface area contributed by atoms with Crippen LogP contribution < -0.4 is 0 Å². The Balaban J connectivity index is 1.75. The number of allylic oxidation sites excluding steroid dienone is 1. The van der Waals surface area contributed by atoms with E-state index < -0.39 is 59.0 Å². The summed E-state index contributed by atoms with van der Waals surface area (Å²) in [4.78, 5) is 48.4. The molecule has 4 aliphatic carbocycles. The Morgan fingerprint density at radius 1 is 1.14 bits per heavy atom. The lowest BCUT2D eigenvalue weighted by molar-refractivity contribution is -0.226. The fourth-order valence-electron chi connectivity index (χ4n) is 7.72. The zero-order valence-electron chi connectivity index (χ0n) is 20.1. The Kier molecular flexibility index (Phi) is 6.22. The molecule has 4 aliphatic rings. The minimum absolute atomic E-state index is 0.0216. The third-order valence-electron chi connectivity index (χ3n) is 9.38. The summed E-state index contributed by atoms with van der Waals surface area (Å²) < 4.78 is 49.7. The molecule has 0 aromatic carbocycles. The van der Waals surface area contributed by atoms with Crippen molar-refractivity contribution in [2.45, 2.75) is 83.6 Å². The van der Waals surface area contributed by atoms with Gasteiger partial charge in [0.15, 0.2) is 12.4 Å². The molecule has 0 spiro atoms. The molecule has 0 aromatic rings. The van der Waals surface area contributed by atoms with Crippen molar-refractivity contribution in [3.05, 3.63) is 11.6 Å². The van der Waals surface area contributed by atoms with Crippen LogP contribution in [0.3, 0.4) is 0 Å². The van der Waals surface area contributed by atoms with E-state index in [-0.39, 0.29) is 36.9 Å². The third-order valence-corrected chi connectivity index (χ3v) is 9.38. The van der Waals surface area contributed by atoms with Gasteiger partial charge in [0.25, 0.3) is 0 Å². The van der Waals surface area contributed by atoms with Crippen LogP contribution in [0.5, 0.6) is 0 Å². The standard InChI is InChI=1S/C25H31F3O7/c1-13(29)34-12-19(31)24(33)9-7-17-16-5-4-14-10-15(30)6-8-22(14,2)20(16)18(11-23(17,24)3)35-21(32)25(26,27)28/h10,16-18,20,33H,4-9,11-12H2,1-3H3/t16-,17-,18+,20+,22-,23-,24-/m0/s1. The zero-order chi connectivity index (χ0) is 26.0. The van der Waals surface area contributed by atoms with Crippen LogP contribution in [0, 0.1) is 28.6 Å². The Labute approximate surface area is 201 Å². The van der Waals surface area contributed by atoms with Gasteiger partial charge < -0.3 is 14.6 Å². The summed E-state index contributed by atoms with van der Waals surface area (Å²) in [5, 5.41) is 11.6. The number of alkyl halides is 3. The molecule has 0 heterocycles. The van der Waals surface area contributed by atoms with Crippen molar-refractivity contribution in [3.8, 4) is 0 Å². The molecule has 0 radical (unpaired) electrons. The van der Waals surface area contributed by atoms with E-state index in [1.807, 2.05) is 6.92 Å². The molecule has 7 nitrogen and oxygen atoms in total. The predicted molar refractivity (Wildman–Crippen MR) is 115 cm³/mol. The fourth-order valence-corrected chi connectivity index (χ4v) is 7.72. The number of Topliss-reactive ketones (excluding diaryl/α,β-unsaturated/α-hetero) is 1. The Hall–Kier alpha value is -2.23. The minimum Gasteiger partial charge on any atom is -0.458 e. The highest BCUT2D eigenvalue weighted by Crippen LogP contribution is 2.68. The van der Waals surface area contributed by atoms with Gasteiger partial charge in [0, 0.05) is 24.7 Å². The van der Waals surface area contributed by atoms with Crippen LogP contribution in [0.1, 0.15) is 65.7 Å². The van der Waals surface area contributed by atoms with Crippen LogP contribution >= 0.6 is 0 Å². The molecule has 4 rings (SSSR count). The summed E-state index contributed by atoms with van der Waals surface area (Å²) in [5.41, 5.74) is -2.87. The normalized spacial score (nSPS) is 40.7. The molecule has 0 aromatic heterocycles. The van der Waals surface area contributed by atoms with E-state index in [0.717, 1.165) is 12.5 Å². The molecule has 3 saturated carbocycles. The van der Waals surface area contributed by atoms with Crippen LogP contribution in [-0.2, 0) is 28.7 Å². The summed E-state index contributed by atoms with van der Waals surface area (Å²) in [6.07, 6.45) is -2.57. The third kappa shape index (κ3) is 4.01. The number of rotatable bonds is 4. The summed E-state index contributed by atoms with van der Waals surface area (Å²) in [7, 11) is 0. The van der Waals surface area contributed by atoms with E-state index >= 15 is 0 Å². The zero-order valence-corrected chi connectivity index (χ0v) is 20.1. The first-order valence-electron chi connectivity index (χ1n) is 12.0. The molecule has 3 fully saturated rings. The first-order valence-corrected chi connectivity index (χ1v) is 12.0. The Morgan fingerprint density at radius 3 is 2.46 bits per heavy atom. The van der Waals surface area contributed by atoms with Gasteiger partial charge in [-0.25, -0.2) is 4.79 Å². The van der Waals surface area contributed by atoms with E-state index in [4.69, 9.17) is 9.47 Å². The monoisotopic (exact) mass is 500 g/mol. The van der Waals surface area contributed by atoms with Crippen molar-refractivity contribution in [2.24, 2.45) is 28.6 Å². The quantitative estimate of drug-likeness (QED) is 0.589. The van der Waals surface area contributed by atoms with Crippen LogP contribution in [0.15, 0.2) is 11.6 Å². The molecule has 0 bridgehead atoms. The lowest BCUT2D eigenvalue weighted by Crippen LogP contribution is -2.63. The smallest absolute Gasteiger partial charge is 0.458 e. The SMILES string of the molecule is CC(=O)OCC(=O)[C@@]1(O)CC[C@H]2[C@@H]3CCC4=CC(=O)CC[C@]4(C)[C@H]3[C@H](OC(=O)C(F)(F)F)C[C@@]21C. The molecule has 0 amide bonds. The number of carbonyl (C=O) groups excluding carboxylic acids is 4. The maximum atomic E-state index is 13.2. The number of aliphatic hydroxyl groups is 1. The van der Waals surface area contributed by atoms with Gasteiger partial charge in [-0.05, 0) is 61.9 Å². The van der Waals surface area contributed by atoms with Crippen molar-refractivity contribution in [1.82, 2.24) is 0 Å². The van der Waals surface area contributed by atoms with Gasteiger partial charge >= 0.3 is 18.1 Å². The molecule has 1 N–H and O–H groups in total. The average molecular weight is 501 g/mol.